The highest BCUT2D eigenvalue weighted by atomic mass is 35.5. The third-order valence-electron chi connectivity index (χ3n) is 4.77. The number of hydrogen-bond donors (Lipinski definition) is 2. The predicted molar refractivity (Wildman–Crippen MR) is 94.4 cm³/mol. The number of piperidine rings is 1. The third kappa shape index (κ3) is 4.85. The third-order valence-corrected chi connectivity index (χ3v) is 4.77. The molecule has 2 heterocycles. The van der Waals surface area contributed by atoms with Gasteiger partial charge in [-0.15, -0.1) is 12.4 Å². The molecule has 1 aromatic rings. The standard InChI is InChI=1S/C18H26N2O2.ClH/c1-12-3-4-13(2)17(9-12)22-8-7-18(21)20-16-10-14-5-6-15(11-16)19-14;/h3-4,9,14-16,19H,5-8,10-11H2,1-2H3,(H,20,21);1H. The molecular formula is C18H27ClN2O2. The second-order valence-electron chi connectivity index (χ2n) is 6.74. The number of aryl methyl sites for hydroxylation is 2. The molecular weight excluding hydrogens is 312 g/mol. The first-order chi connectivity index (χ1) is 10.6. The topological polar surface area (TPSA) is 50.4 Å². The Morgan fingerprint density at radius 1 is 1.26 bits per heavy atom. The smallest absolute Gasteiger partial charge is 0.223 e. The molecule has 0 aliphatic carbocycles. The quantitative estimate of drug-likeness (QED) is 0.868. The normalized spacial score (nSPS) is 25.6. The van der Waals surface area contributed by atoms with Crippen LogP contribution in [-0.2, 0) is 4.79 Å². The Morgan fingerprint density at radius 2 is 1.96 bits per heavy atom. The molecule has 3 rings (SSSR count). The summed E-state index contributed by atoms with van der Waals surface area (Å²) in [5, 5.41) is 6.77. The Hall–Kier alpha value is -1.26. The van der Waals surface area contributed by atoms with E-state index in [1.807, 2.05) is 19.9 Å². The fraction of sp³-hybridized carbons (Fsp3) is 0.611. The number of nitrogens with one attached hydrogen (secondary N) is 2. The van der Waals surface area contributed by atoms with E-state index in [4.69, 9.17) is 4.74 Å². The van der Waals surface area contributed by atoms with Crippen molar-refractivity contribution in [3.8, 4) is 5.75 Å². The molecule has 2 N–H and O–H groups in total. The van der Waals surface area contributed by atoms with Crippen LogP contribution in [0.15, 0.2) is 18.2 Å². The largest absolute Gasteiger partial charge is 0.493 e. The summed E-state index contributed by atoms with van der Waals surface area (Å²) in [6.45, 7) is 4.51. The van der Waals surface area contributed by atoms with Gasteiger partial charge < -0.3 is 15.4 Å². The first kappa shape index (κ1) is 18.1. The lowest BCUT2D eigenvalue weighted by Crippen LogP contribution is -2.48. The average Bonchev–Trinajstić information content (AvgIpc) is 2.81. The molecule has 0 spiro atoms. The van der Waals surface area contributed by atoms with E-state index < -0.39 is 0 Å². The van der Waals surface area contributed by atoms with Gasteiger partial charge in [0.1, 0.15) is 5.75 Å². The number of halogens is 1. The lowest BCUT2D eigenvalue weighted by molar-refractivity contribution is -0.122. The van der Waals surface area contributed by atoms with E-state index in [1.54, 1.807) is 0 Å². The summed E-state index contributed by atoms with van der Waals surface area (Å²) in [6.07, 6.45) is 5.08. The lowest BCUT2D eigenvalue weighted by Gasteiger charge is -2.29. The average molecular weight is 339 g/mol. The zero-order chi connectivity index (χ0) is 15.5. The Balaban J connectivity index is 0.00000192. The van der Waals surface area contributed by atoms with Gasteiger partial charge in [-0.1, -0.05) is 12.1 Å². The van der Waals surface area contributed by atoms with Crippen molar-refractivity contribution in [1.82, 2.24) is 10.6 Å². The molecule has 128 valence electrons. The highest BCUT2D eigenvalue weighted by Gasteiger charge is 2.33. The van der Waals surface area contributed by atoms with Crippen molar-refractivity contribution in [2.75, 3.05) is 6.61 Å². The van der Waals surface area contributed by atoms with E-state index in [1.165, 1.54) is 18.4 Å². The summed E-state index contributed by atoms with van der Waals surface area (Å²) >= 11 is 0. The number of carbonyl (C=O) groups excluding carboxylic acids is 1. The van der Waals surface area contributed by atoms with E-state index in [9.17, 15) is 4.79 Å². The molecule has 2 fully saturated rings. The summed E-state index contributed by atoms with van der Waals surface area (Å²) in [4.78, 5) is 12.1. The van der Waals surface area contributed by atoms with Gasteiger partial charge in [-0.25, -0.2) is 0 Å². The van der Waals surface area contributed by atoms with Crippen LogP contribution in [0.5, 0.6) is 5.75 Å². The van der Waals surface area contributed by atoms with E-state index >= 15 is 0 Å². The van der Waals surface area contributed by atoms with Crippen LogP contribution < -0.4 is 15.4 Å². The summed E-state index contributed by atoms with van der Waals surface area (Å²) < 4.78 is 5.76. The van der Waals surface area contributed by atoms with Crippen molar-refractivity contribution >= 4 is 18.3 Å². The van der Waals surface area contributed by atoms with E-state index in [2.05, 4.69) is 22.8 Å². The molecule has 23 heavy (non-hydrogen) atoms. The molecule has 1 amide bonds. The maximum absolute atomic E-state index is 12.1. The number of amides is 1. The van der Waals surface area contributed by atoms with E-state index in [0.717, 1.165) is 24.2 Å². The van der Waals surface area contributed by atoms with E-state index in [0.29, 0.717) is 31.2 Å². The lowest BCUT2D eigenvalue weighted by atomic mass is 10.00. The molecule has 0 radical (unpaired) electrons. The fourth-order valence-corrected chi connectivity index (χ4v) is 3.59. The Bertz CT molecular complexity index is 538. The molecule has 2 atom stereocenters. The highest BCUT2D eigenvalue weighted by Crippen LogP contribution is 2.26. The van der Waals surface area contributed by atoms with Crippen molar-refractivity contribution in [3.63, 3.8) is 0 Å². The van der Waals surface area contributed by atoms with Crippen LogP contribution in [0, 0.1) is 13.8 Å². The minimum Gasteiger partial charge on any atom is -0.493 e. The Labute approximate surface area is 144 Å². The van der Waals surface area contributed by atoms with Gasteiger partial charge in [0.15, 0.2) is 0 Å². The van der Waals surface area contributed by atoms with Crippen molar-refractivity contribution < 1.29 is 9.53 Å². The number of carbonyl (C=O) groups is 1. The van der Waals surface area contributed by atoms with Crippen molar-refractivity contribution in [2.45, 2.75) is 64.1 Å². The van der Waals surface area contributed by atoms with Crippen LogP contribution in [0.25, 0.3) is 0 Å². The molecule has 2 bridgehead atoms. The molecule has 2 unspecified atom stereocenters. The van der Waals surface area contributed by atoms with Gasteiger partial charge in [0.05, 0.1) is 13.0 Å². The van der Waals surface area contributed by atoms with Gasteiger partial charge in [0.2, 0.25) is 5.91 Å². The summed E-state index contributed by atoms with van der Waals surface area (Å²) in [7, 11) is 0. The van der Waals surface area contributed by atoms with Crippen LogP contribution >= 0.6 is 12.4 Å². The number of hydrogen-bond acceptors (Lipinski definition) is 3. The molecule has 2 aliphatic rings. The monoisotopic (exact) mass is 338 g/mol. The first-order valence-electron chi connectivity index (χ1n) is 8.35. The van der Waals surface area contributed by atoms with Crippen molar-refractivity contribution in [1.29, 1.82) is 0 Å². The zero-order valence-electron chi connectivity index (χ0n) is 13.9. The minimum absolute atomic E-state index is 0. The Morgan fingerprint density at radius 3 is 2.65 bits per heavy atom. The second kappa shape index (κ2) is 8.02. The van der Waals surface area contributed by atoms with E-state index in [-0.39, 0.29) is 18.3 Å². The van der Waals surface area contributed by atoms with Crippen molar-refractivity contribution in [2.24, 2.45) is 0 Å². The highest BCUT2D eigenvalue weighted by molar-refractivity contribution is 5.85. The van der Waals surface area contributed by atoms with Crippen molar-refractivity contribution in [3.05, 3.63) is 29.3 Å². The molecule has 5 heteroatoms. The van der Waals surface area contributed by atoms with Crippen LogP contribution in [0.2, 0.25) is 0 Å². The van der Waals surface area contributed by atoms with Gasteiger partial charge in [0.25, 0.3) is 0 Å². The zero-order valence-corrected chi connectivity index (χ0v) is 14.7. The molecule has 2 saturated heterocycles. The molecule has 0 saturated carbocycles. The van der Waals surface area contributed by atoms with Gasteiger partial charge in [-0.05, 0) is 56.7 Å². The number of rotatable bonds is 5. The summed E-state index contributed by atoms with van der Waals surface area (Å²) in [5.74, 6) is 0.990. The van der Waals surface area contributed by atoms with Crippen LogP contribution in [0.4, 0.5) is 0 Å². The maximum atomic E-state index is 12.1. The van der Waals surface area contributed by atoms with Gasteiger partial charge >= 0.3 is 0 Å². The molecule has 4 nitrogen and oxygen atoms in total. The van der Waals surface area contributed by atoms with Gasteiger partial charge in [0, 0.05) is 18.1 Å². The second-order valence-corrected chi connectivity index (χ2v) is 6.74. The van der Waals surface area contributed by atoms with Crippen LogP contribution in [0.1, 0.15) is 43.2 Å². The predicted octanol–water partition coefficient (Wildman–Crippen LogP) is 2.89. The minimum atomic E-state index is 0. The molecule has 2 aliphatic heterocycles. The van der Waals surface area contributed by atoms with Gasteiger partial charge in [-0.2, -0.15) is 0 Å². The first-order valence-corrected chi connectivity index (χ1v) is 8.35. The Kier molecular flexibility index (Phi) is 6.31. The molecule has 0 aromatic heterocycles. The SMILES string of the molecule is Cc1ccc(C)c(OCCC(=O)NC2CC3CCC(C2)N3)c1.Cl. The number of benzene rings is 1. The molecule has 1 aromatic carbocycles. The maximum Gasteiger partial charge on any atom is 0.223 e. The number of fused-ring (bicyclic) bond motifs is 2. The van der Waals surface area contributed by atoms with Gasteiger partial charge in [-0.3, -0.25) is 4.79 Å². The summed E-state index contributed by atoms with van der Waals surface area (Å²) in [5.41, 5.74) is 2.29. The fourth-order valence-electron chi connectivity index (χ4n) is 3.59. The van der Waals surface area contributed by atoms with Crippen LogP contribution in [0.3, 0.4) is 0 Å². The number of ether oxygens (including phenoxy) is 1. The van der Waals surface area contributed by atoms with Crippen LogP contribution in [-0.4, -0.2) is 30.6 Å². The summed E-state index contributed by atoms with van der Waals surface area (Å²) in [6, 6.07) is 7.70.